The van der Waals surface area contributed by atoms with Gasteiger partial charge in [-0.2, -0.15) is 0 Å². The molecule has 0 atom stereocenters. The first-order valence-electron chi connectivity index (χ1n) is 18.9. The minimum atomic E-state index is -0.114. The van der Waals surface area contributed by atoms with Crippen LogP contribution in [0, 0.1) is 0 Å². The largest absolute Gasteiger partial charge is 0.310 e. The van der Waals surface area contributed by atoms with Crippen molar-refractivity contribution in [1.29, 1.82) is 0 Å². The van der Waals surface area contributed by atoms with Crippen molar-refractivity contribution < 1.29 is 4.79 Å². The van der Waals surface area contributed by atoms with Crippen LogP contribution in [0.5, 0.6) is 0 Å². The molecular formula is C52H38N2O. The number of rotatable bonds is 7. The molecule has 0 radical (unpaired) electrons. The standard InChI is InChI=1S/C52H38N2O/c1-52(2)48-14-8-6-12-44(48)45-30-29-43(33-49(45)52)53(41-25-20-37(21-26-41)36-18-16-35(34-55)17-19-36)42-27-22-38(23-28-42)39-24-31-51-47(32-39)46-13-7-9-15-50(46)54(51)40-10-4-3-5-11-40/h3-34H,1-2H3. The maximum atomic E-state index is 11.3. The van der Waals surface area contributed by atoms with E-state index in [0.717, 1.165) is 40.2 Å². The lowest BCUT2D eigenvalue weighted by molar-refractivity contribution is 0.112. The Morgan fingerprint density at radius 2 is 1.00 bits per heavy atom. The Balaban J connectivity index is 1.06. The molecular weight excluding hydrogens is 669 g/mol. The van der Waals surface area contributed by atoms with Gasteiger partial charge < -0.3 is 9.47 Å². The smallest absolute Gasteiger partial charge is 0.150 e. The van der Waals surface area contributed by atoms with E-state index < -0.39 is 0 Å². The zero-order valence-corrected chi connectivity index (χ0v) is 30.8. The van der Waals surface area contributed by atoms with Gasteiger partial charge in [-0.05, 0) is 111 Å². The van der Waals surface area contributed by atoms with Crippen molar-refractivity contribution in [2.75, 3.05) is 4.90 Å². The average Bonchev–Trinajstić information content (AvgIpc) is 3.69. The molecule has 1 aliphatic carbocycles. The summed E-state index contributed by atoms with van der Waals surface area (Å²) >= 11 is 0. The Kier molecular flexibility index (Phi) is 7.64. The van der Waals surface area contributed by atoms with Crippen LogP contribution in [0.3, 0.4) is 0 Å². The van der Waals surface area contributed by atoms with Crippen LogP contribution in [0.4, 0.5) is 17.1 Å². The number of carbonyl (C=O) groups is 1. The maximum absolute atomic E-state index is 11.3. The molecule has 0 amide bonds. The number of para-hydroxylation sites is 2. The predicted molar refractivity (Wildman–Crippen MR) is 229 cm³/mol. The lowest BCUT2D eigenvalue weighted by Crippen LogP contribution is -2.16. The van der Waals surface area contributed by atoms with Gasteiger partial charge in [0, 0.05) is 44.5 Å². The molecule has 10 rings (SSSR count). The van der Waals surface area contributed by atoms with E-state index in [4.69, 9.17) is 0 Å². The van der Waals surface area contributed by atoms with E-state index in [1.165, 1.54) is 55.2 Å². The molecule has 8 aromatic carbocycles. The number of hydrogen-bond donors (Lipinski definition) is 0. The van der Waals surface area contributed by atoms with Crippen molar-refractivity contribution in [3.8, 4) is 39.1 Å². The summed E-state index contributed by atoms with van der Waals surface area (Å²) in [5, 5.41) is 2.49. The number of hydrogen-bond acceptors (Lipinski definition) is 2. The number of nitrogens with zero attached hydrogens (tertiary/aromatic N) is 2. The number of benzene rings is 8. The van der Waals surface area contributed by atoms with Crippen LogP contribution in [0.25, 0.3) is 60.9 Å². The summed E-state index contributed by atoms with van der Waals surface area (Å²) in [6.45, 7) is 4.67. The molecule has 0 fully saturated rings. The summed E-state index contributed by atoms with van der Waals surface area (Å²) in [7, 11) is 0. The molecule has 0 saturated heterocycles. The maximum Gasteiger partial charge on any atom is 0.150 e. The average molecular weight is 707 g/mol. The molecule has 9 aromatic rings. The molecule has 0 bridgehead atoms. The van der Waals surface area contributed by atoms with Crippen LogP contribution in [0.1, 0.15) is 35.3 Å². The summed E-state index contributed by atoms with van der Waals surface area (Å²) in [4.78, 5) is 13.6. The van der Waals surface area contributed by atoms with Gasteiger partial charge in [-0.3, -0.25) is 4.79 Å². The molecule has 0 aliphatic heterocycles. The number of aromatic nitrogens is 1. The van der Waals surface area contributed by atoms with E-state index in [0.29, 0.717) is 5.56 Å². The van der Waals surface area contributed by atoms with Crippen molar-refractivity contribution in [2.24, 2.45) is 0 Å². The molecule has 55 heavy (non-hydrogen) atoms. The van der Waals surface area contributed by atoms with Crippen LogP contribution in [-0.2, 0) is 5.41 Å². The predicted octanol–water partition coefficient (Wildman–Crippen LogP) is 13.7. The first-order valence-corrected chi connectivity index (χ1v) is 18.9. The van der Waals surface area contributed by atoms with Gasteiger partial charge in [-0.15, -0.1) is 0 Å². The highest BCUT2D eigenvalue weighted by Crippen LogP contribution is 2.50. The third-order valence-corrected chi connectivity index (χ3v) is 11.5. The van der Waals surface area contributed by atoms with Gasteiger partial charge in [0.25, 0.3) is 0 Å². The van der Waals surface area contributed by atoms with Gasteiger partial charge in [0.05, 0.1) is 11.0 Å². The highest BCUT2D eigenvalue weighted by molar-refractivity contribution is 6.10. The molecule has 0 N–H and O–H groups in total. The highest BCUT2D eigenvalue weighted by atomic mass is 16.1. The highest BCUT2D eigenvalue weighted by Gasteiger charge is 2.35. The van der Waals surface area contributed by atoms with Gasteiger partial charge in [0.2, 0.25) is 0 Å². The first-order chi connectivity index (χ1) is 27.0. The lowest BCUT2D eigenvalue weighted by atomic mass is 9.82. The van der Waals surface area contributed by atoms with Crippen LogP contribution < -0.4 is 4.90 Å². The Bertz CT molecular complexity index is 2880. The Hall–Kier alpha value is -6.97. The molecule has 0 saturated carbocycles. The zero-order valence-electron chi connectivity index (χ0n) is 30.8. The first kappa shape index (κ1) is 32.7. The number of carbonyl (C=O) groups excluding carboxylic acids is 1. The van der Waals surface area contributed by atoms with Crippen molar-refractivity contribution in [2.45, 2.75) is 19.3 Å². The molecule has 0 spiro atoms. The normalized spacial score (nSPS) is 12.8. The third-order valence-electron chi connectivity index (χ3n) is 11.5. The quantitative estimate of drug-likeness (QED) is 0.154. The summed E-state index contributed by atoms with van der Waals surface area (Å²) in [5.74, 6) is 0. The second kappa shape index (κ2) is 12.9. The molecule has 3 nitrogen and oxygen atoms in total. The van der Waals surface area contributed by atoms with Crippen LogP contribution in [0.2, 0.25) is 0 Å². The number of fused-ring (bicyclic) bond motifs is 6. The molecule has 0 unspecified atom stereocenters. The molecule has 262 valence electrons. The van der Waals surface area contributed by atoms with Crippen LogP contribution in [-0.4, -0.2) is 10.9 Å². The minimum Gasteiger partial charge on any atom is -0.310 e. The van der Waals surface area contributed by atoms with Crippen molar-refractivity contribution in [1.82, 2.24) is 4.57 Å². The van der Waals surface area contributed by atoms with E-state index in [-0.39, 0.29) is 5.41 Å². The monoisotopic (exact) mass is 706 g/mol. The molecule has 1 heterocycles. The van der Waals surface area contributed by atoms with E-state index in [1.807, 2.05) is 24.3 Å². The zero-order chi connectivity index (χ0) is 37.1. The van der Waals surface area contributed by atoms with Gasteiger partial charge in [-0.1, -0.05) is 135 Å². The summed E-state index contributed by atoms with van der Waals surface area (Å²) < 4.78 is 2.36. The lowest BCUT2D eigenvalue weighted by Gasteiger charge is -2.28. The topological polar surface area (TPSA) is 25.2 Å². The summed E-state index contributed by atoms with van der Waals surface area (Å²) in [5.41, 5.74) is 17.3. The third kappa shape index (κ3) is 5.39. The second-order valence-corrected chi connectivity index (χ2v) is 15.0. The number of aldehydes is 1. The Labute approximate surface area is 321 Å². The van der Waals surface area contributed by atoms with E-state index in [9.17, 15) is 4.79 Å². The second-order valence-electron chi connectivity index (χ2n) is 15.0. The van der Waals surface area contributed by atoms with Crippen molar-refractivity contribution >= 4 is 45.2 Å². The Morgan fingerprint density at radius 3 is 1.71 bits per heavy atom. The van der Waals surface area contributed by atoms with E-state index in [1.54, 1.807) is 0 Å². The van der Waals surface area contributed by atoms with E-state index >= 15 is 0 Å². The molecule has 3 heteroatoms. The molecule has 1 aromatic heterocycles. The van der Waals surface area contributed by atoms with Crippen LogP contribution >= 0.6 is 0 Å². The minimum absolute atomic E-state index is 0.114. The summed E-state index contributed by atoms with van der Waals surface area (Å²) in [6.07, 6.45) is 0.884. The Morgan fingerprint density at radius 1 is 0.455 bits per heavy atom. The van der Waals surface area contributed by atoms with E-state index in [2.05, 4.69) is 187 Å². The molecule has 1 aliphatic rings. The van der Waals surface area contributed by atoms with Crippen molar-refractivity contribution in [3.05, 3.63) is 205 Å². The summed E-state index contributed by atoms with van der Waals surface area (Å²) in [6, 6.07) is 67.3. The fourth-order valence-electron chi connectivity index (χ4n) is 8.65. The van der Waals surface area contributed by atoms with Gasteiger partial charge in [0.15, 0.2) is 0 Å². The number of anilines is 3. The fourth-order valence-corrected chi connectivity index (χ4v) is 8.65. The van der Waals surface area contributed by atoms with Gasteiger partial charge in [-0.25, -0.2) is 0 Å². The van der Waals surface area contributed by atoms with Crippen molar-refractivity contribution in [3.63, 3.8) is 0 Å². The SMILES string of the molecule is CC1(C)c2ccccc2-c2ccc(N(c3ccc(-c4ccc(C=O)cc4)cc3)c3ccc(-c4ccc5c(c4)c4ccccc4n5-c4ccccc4)cc3)cc21. The van der Waals surface area contributed by atoms with Crippen LogP contribution in [0.15, 0.2) is 188 Å². The van der Waals surface area contributed by atoms with Gasteiger partial charge in [0.1, 0.15) is 6.29 Å². The van der Waals surface area contributed by atoms with Gasteiger partial charge >= 0.3 is 0 Å². The fraction of sp³-hybridized carbons (Fsp3) is 0.0577.